The molecule has 11 heteroatoms. The van der Waals surface area contributed by atoms with E-state index in [2.05, 4.69) is 5.32 Å². The van der Waals surface area contributed by atoms with Gasteiger partial charge in [0, 0.05) is 20.2 Å². The predicted octanol–water partition coefficient (Wildman–Crippen LogP) is 1.71. The molecule has 3 rings (SSSR count). The molecular weight excluding hydrogens is 438 g/mol. The molecule has 1 aliphatic heterocycles. The molecule has 10 nitrogen and oxygen atoms in total. The zero-order valence-electron chi connectivity index (χ0n) is 18.4. The Hall–Kier alpha value is -3.31. The van der Waals surface area contributed by atoms with Gasteiger partial charge in [-0.15, -0.1) is 0 Å². The molecule has 2 aromatic carbocycles. The van der Waals surface area contributed by atoms with Gasteiger partial charge in [0.25, 0.3) is 5.91 Å². The number of nitrogens with zero attached hydrogens (tertiary/aromatic N) is 2. The number of ether oxygens (including phenoxy) is 3. The van der Waals surface area contributed by atoms with Crippen molar-refractivity contribution in [1.29, 1.82) is 0 Å². The fraction of sp³-hybridized carbons (Fsp3) is 0.333. The second kappa shape index (κ2) is 9.05. The van der Waals surface area contributed by atoms with Crippen molar-refractivity contribution >= 4 is 33.2 Å². The van der Waals surface area contributed by atoms with Crippen LogP contribution in [0.3, 0.4) is 0 Å². The summed E-state index contributed by atoms with van der Waals surface area (Å²) in [7, 11) is 3.50. The molecule has 1 unspecified atom stereocenters. The Labute approximate surface area is 186 Å². The van der Waals surface area contributed by atoms with E-state index in [0.717, 1.165) is 9.21 Å². The molecule has 1 fully saturated rings. The number of hydrogen-bond donors (Lipinski definition) is 1. The smallest absolute Gasteiger partial charge is 0.256 e. The maximum atomic E-state index is 13.1. The van der Waals surface area contributed by atoms with Gasteiger partial charge < -0.3 is 19.5 Å². The second-order valence-corrected chi connectivity index (χ2v) is 9.31. The number of rotatable bonds is 8. The highest BCUT2D eigenvalue weighted by Crippen LogP contribution is 2.36. The third kappa shape index (κ3) is 4.21. The van der Waals surface area contributed by atoms with E-state index in [-0.39, 0.29) is 17.0 Å². The molecular formula is C21H25N3O7S. The number of anilines is 2. The van der Waals surface area contributed by atoms with Crippen LogP contribution in [0.5, 0.6) is 17.2 Å². The Bertz CT molecular complexity index is 1150. The van der Waals surface area contributed by atoms with E-state index >= 15 is 0 Å². The summed E-state index contributed by atoms with van der Waals surface area (Å²) in [5.74, 6) is 0.239. The lowest BCUT2D eigenvalue weighted by Gasteiger charge is -2.20. The van der Waals surface area contributed by atoms with Gasteiger partial charge in [-0.3, -0.25) is 9.59 Å². The minimum absolute atomic E-state index is 0.0243. The molecule has 1 heterocycles. The lowest BCUT2D eigenvalue weighted by molar-refractivity contribution is -0.121. The molecule has 1 aliphatic rings. The predicted molar refractivity (Wildman–Crippen MR) is 118 cm³/mol. The number of carbonyl (C=O) groups is 2. The molecule has 0 bridgehead atoms. The maximum absolute atomic E-state index is 13.1. The fourth-order valence-corrected chi connectivity index (χ4v) is 4.25. The highest BCUT2D eigenvalue weighted by molar-refractivity contribution is 7.89. The SMILES string of the molecule is COc1ccc(N2C(=O)CC(Nc3cc(S(=O)(=O)N(C)C)ccc3OC)C2=O)c(OC)c1. The number of methoxy groups -OCH3 is 3. The Morgan fingerprint density at radius 3 is 2.25 bits per heavy atom. The highest BCUT2D eigenvalue weighted by atomic mass is 32.2. The Balaban J connectivity index is 1.94. The van der Waals surface area contributed by atoms with Crippen molar-refractivity contribution in [2.45, 2.75) is 17.4 Å². The van der Waals surface area contributed by atoms with Crippen LogP contribution in [0.4, 0.5) is 11.4 Å². The van der Waals surface area contributed by atoms with E-state index in [9.17, 15) is 18.0 Å². The summed E-state index contributed by atoms with van der Waals surface area (Å²) in [6.07, 6.45) is -0.123. The van der Waals surface area contributed by atoms with Crippen LogP contribution in [-0.4, -0.2) is 66.0 Å². The van der Waals surface area contributed by atoms with Crippen LogP contribution in [-0.2, 0) is 19.6 Å². The molecule has 0 aromatic heterocycles. The topological polar surface area (TPSA) is 114 Å². The van der Waals surface area contributed by atoms with Crippen LogP contribution < -0.4 is 24.4 Å². The van der Waals surface area contributed by atoms with Crippen LogP contribution in [0, 0.1) is 0 Å². The first-order valence-electron chi connectivity index (χ1n) is 9.60. The van der Waals surface area contributed by atoms with Gasteiger partial charge in [0.2, 0.25) is 15.9 Å². The third-order valence-corrected chi connectivity index (χ3v) is 6.86. The summed E-state index contributed by atoms with van der Waals surface area (Å²) in [5, 5.41) is 2.97. The Morgan fingerprint density at radius 2 is 1.66 bits per heavy atom. The zero-order valence-corrected chi connectivity index (χ0v) is 19.2. The van der Waals surface area contributed by atoms with Gasteiger partial charge in [-0.2, -0.15) is 0 Å². The summed E-state index contributed by atoms with van der Waals surface area (Å²) < 4.78 is 41.9. The van der Waals surface area contributed by atoms with E-state index in [1.807, 2.05) is 0 Å². The first kappa shape index (κ1) is 23.4. The molecule has 0 spiro atoms. The third-order valence-electron chi connectivity index (χ3n) is 5.05. The summed E-state index contributed by atoms with van der Waals surface area (Å²) in [5.41, 5.74) is 0.577. The van der Waals surface area contributed by atoms with E-state index in [4.69, 9.17) is 14.2 Å². The van der Waals surface area contributed by atoms with Gasteiger partial charge in [-0.05, 0) is 30.3 Å². The van der Waals surface area contributed by atoms with Crippen LogP contribution in [0.1, 0.15) is 6.42 Å². The standard InChI is InChI=1S/C21H25N3O7S/c1-23(2)32(27,28)14-7-9-18(30-4)15(11-14)22-16-12-20(25)24(21(16)26)17-8-6-13(29-3)10-19(17)31-5/h6-11,16,22H,12H2,1-5H3. The average molecular weight is 464 g/mol. The summed E-state index contributed by atoms with van der Waals surface area (Å²) in [6, 6.07) is 8.14. The van der Waals surface area contributed by atoms with Crippen molar-refractivity contribution in [2.24, 2.45) is 0 Å². The molecule has 1 atom stereocenters. The van der Waals surface area contributed by atoms with Crippen molar-refractivity contribution in [3.63, 3.8) is 0 Å². The van der Waals surface area contributed by atoms with Crippen LogP contribution in [0.25, 0.3) is 0 Å². The number of hydrogen-bond acceptors (Lipinski definition) is 8. The molecule has 1 saturated heterocycles. The Kier molecular flexibility index (Phi) is 6.60. The lowest BCUT2D eigenvalue weighted by Crippen LogP contribution is -2.35. The van der Waals surface area contributed by atoms with Gasteiger partial charge in [-0.25, -0.2) is 17.6 Å². The van der Waals surface area contributed by atoms with E-state index < -0.39 is 27.9 Å². The number of amides is 2. The zero-order chi connectivity index (χ0) is 23.6. The largest absolute Gasteiger partial charge is 0.497 e. The normalized spacial score (nSPS) is 16.4. The Morgan fingerprint density at radius 1 is 0.969 bits per heavy atom. The molecule has 0 aliphatic carbocycles. The monoisotopic (exact) mass is 463 g/mol. The lowest BCUT2D eigenvalue weighted by atomic mass is 10.2. The number of sulfonamides is 1. The molecule has 0 saturated carbocycles. The summed E-state index contributed by atoms with van der Waals surface area (Å²) in [6.45, 7) is 0. The highest BCUT2D eigenvalue weighted by Gasteiger charge is 2.41. The van der Waals surface area contributed by atoms with E-state index in [1.165, 1.54) is 53.6 Å². The van der Waals surface area contributed by atoms with E-state index in [1.54, 1.807) is 18.2 Å². The minimum Gasteiger partial charge on any atom is -0.497 e. The van der Waals surface area contributed by atoms with Crippen molar-refractivity contribution in [2.75, 3.05) is 45.6 Å². The molecule has 1 N–H and O–H groups in total. The van der Waals surface area contributed by atoms with Crippen molar-refractivity contribution in [3.05, 3.63) is 36.4 Å². The molecule has 2 aromatic rings. The molecule has 32 heavy (non-hydrogen) atoms. The van der Waals surface area contributed by atoms with Crippen molar-refractivity contribution in [3.8, 4) is 17.2 Å². The van der Waals surface area contributed by atoms with Gasteiger partial charge in [0.15, 0.2) is 0 Å². The second-order valence-electron chi connectivity index (χ2n) is 7.16. The minimum atomic E-state index is -3.70. The van der Waals surface area contributed by atoms with E-state index in [0.29, 0.717) is 22.9 Å². The molecule has 172 valence electrons. The van der Waals surface area contributed by atoms with Crippen molar-refractivity contribution < 1.29 is 32.2 Å². The summed E-state index contributed by atoms with van der Waals surface area (Å²) >= 11 is 0. The molecule has 2 amide bonds. The van der Waals surface area contributed by atoms with Gasteiger partial charge >= 0.3 is 0 Å². The quantitative estimate of drug-likeness (QED) is 0.589. The summed E-state index contributed by atoms with van der Waals surface area (Å²) in [4.78, 5) is 26.9. The first-order valence-corrected chi connectivity index (χ1v) is 11.0. The maximum Gasteiger partial charge on any atom is 0.256 e. The fourth-order valence-electron chi connectivity index (χ4n) is 3.33. The number of carbonyl (C=O) groups excluding carboxylic acids is 2. The number of nitrogens with one attached hydrogen (secondary N) is 1. The first-order chi connectivity index (χ1) is 15.1. The number of imide groups is 1. The van der Waals surface area contributed by atoms with Crippen LogP contribution in [0.15, 0.2) is 41.3 Å². The molecule has 0 radical (unpaired) electrons. The average Bonchev–Trinajstić information content (AvgIpc) is 3.05. The number of benzene rings is 2. The van der Waals surface area contributed by atoms with Crippen LogP contribution >= 0.6 is 0 Å². The van der Waals surface area contributed by atoms with Crippen molar-refractivity contribution in [1.82, 2.24) is 4.31 Å². The van der Waals surface area contributed by atoms with Crippen LogP contribution in [0.2, 0.25) is 0 Å². The van der Waals surface area contributed by atoms with Gasteiger partial charge in [-0.1, -0.05) is 0 Å². The van der Waals surface area contributed by atoms with Gasteiger partial charge in [0.1, 0.15) is 23.3 Å². The van der Waals surface area contributed by atoms with Gasteiger partial charge in [0.05, 0.1) is 44.0 Å².